The molecule has 0 unspecified atom stereocenters. The van der Waals surface area contributed by atoms with Crippen LogP contribution >= 0.6 is 11.3 Å². The number of anilines is 1. The number of hydrogen-bond acceptors (Lipinski definition) is 4. The van der Waals surface area contributed by atoms with E-state index in [-0.39, 0.29) is 18.2 Å². The molecule has 0 bridgehead atoms. The number of nitrogens with one attached hydrogen (secondary N) is 1. The van der Waals surface area contributed by atoms with E-state index < -0.39 is 5.91 Å². The standard InChI is InChI=1S/C20H18N4O2S/c1-13(25)22-19(21)18-17(15-10-6-3-7-11-15)24-20(27-18)23-16(26)12-14-8-4-2-5-9-14/h2-11H,12H2,1H3,(H2,21,22,25)(H,23,24,26). The van der Waals surface area contributed by atoms with Crippen LogP contribution in [0.3, 0.4) is 0 Å². The van der Waals surface area contributed by atoms with Gasteiger partial charge in [0.2, 0.25) is 11.8 Å². The molecule has 3 rings (SSSR count). The summed E-state index contributed by atoms with van der Waals surface area (Å²) in [4.78, 5) is 32.5. The molecule has 3 aromatic rings. The van der Waals surface area contributed by atoms with Gasteiger partial charge in [-0.1, -0.05) is 72.0 Å². The summed E-state index contributed by atoms with van der Waals surface area (Å²) in [5.41, 5.74) is 8.31. The van der Waals surface area contributed by atoms with Gasteiger partial charge in [0.1, 0.15) is 5.84 Å². The Hall–Kier alpha value is -3.32. The molecule has 0 saturated carbocycles. The van der Waals surface area contributed by atoms with Crippen LogP contribution in [-0.4, -0.2) is 22.6 Å². The third-order valence-electron chi connectivity index (χ3n) is 3.64. The average molecular weight is 378 g/mol. The lowest BCUT2D eigenvalue weighted by Gasteiger charge is -2.01. The lowest BCUT2D eigenvalue weighted by Crippen LogP contribution is -2.14. The highest BCUT2D eigenvalue weighted by molar-refractivity contribution is 7.18. The van der Waals surface area contributed by atoms with Crippen molar-refractivity contribution in [2.45, 2.75) is 13.3 Å². The van der Waals surface area contributed by atoms with Crippen molar-refractivity contribution in [2.24, 2.45) is 10.7 Å². The number of carbonyl (C=O) groups excluding carboxylic acids is 2. The highest BCUT2D eigenvalue weighted by Crippen LogP contribution is 2.31. The summed E-state index contributed by atoms with van der Waals surface area (Å²) in [6.07, 6.45) is 0.243. The topological polar surface area (TPSA) is 97.4 Å². The Morgan fingerprint density at radius 2 is 1.70 bits per heavy atom. The number of nitrogens with two attached hydrogens (primary N) is 1. The first-order valence-electron chi connectivity index (χ1n) is 8.28. The van der Waals surface area contributed by atoms with E-state index in [0.717, 1.165) is 11.1 Å². The summed E-state index contributed by atoms with van der Waals surface area (Å²) in [7, 11) is 0. The van der Waals surface area contributed by atoms with E-state index in [9.17, 15) is 9.59 Å². The fourth-order valence-electron chi connectivity index (χ4n) is 2.50. The van der Waals surface area contributed by atoms with Crippen molar-refractivity contribution in [1.82, 2.24) is 4.98 Å². The Bertz CT molecular complexity index is 982. The van der Waals surface area contributed by atoms with E-state index in [1.165, 1.54) is 18.3 Å². The van der Waals surface area contributed by atoms with Gasteiger partial charge in [0, 0.05) is 12.5 Å². The molecule has 1 heterocycles. The van der Waals surface area contributed by atoms with Crippen molar-refractivity contribution in [1.29, 1.82) is 0 Å². The SMILES string of the molecule is CC(=O)N=C(N)c1sc(NC(=O)Cc2ccccc2)nc1-c1ccccc1. The summed E-state index contributed by atoms with van der Waals surface area (Å²) in [5.74, 6) is -0.486. The Morgan fingerprint density at radius 3 is 2.33 bits per heavy atom. The van der Waals surface area contributed by atoms with Gasteiger partial charge >= 0.3 is 0 Å². The largest absolute Gasteiger partial charge is 0.382 e. The number of hydrogen-bond donors (Lipinski definition) is 2. The van der Waals surface area contributed by atoms with E-state index in [2.05, 4.69) is 15.3 Å². The van der Waals surface area contributed by atoms with Crippen LogP contribution in [-0.2, 0) is 16.0 Å². The molecule has 0 aliphatic heterocycles. The van der Waals surface area contributed by atoms with Gasteiger partial charge in [-0.15, -0.1) is 0 Å². The molecule has 0 fully saturated rings. The Kier molecular flexibility index (Phi) is 5.73. The monoisotopic (exact) mass is 378 g/mol. The van der Waals surface area contributed by atoms with Crippen LogP contribution in [0.2, 0.25) is 0 Å². The molecule has 0 spiro atoms. The maximum atomic E-state index is 12.3. The first-order valence-corrected chi connectivity index (χ1v) is 9.09. The van der Waals surface area contributed by atoms with Gasteiger partial charge in [0.05, 0.1) is 17.0 Å². The Labute approximate surface area is 160 Å². The minimum absolute atomic E-state index is 0.0856. The van der Waals surface area contributed by atoms with E-state index >= 15 is 0 Å². The number of nitrogens with zero attached hydrogens (tertiary/aromatic N) is 2. The number of aliphatic imine (C=N–C) groups is 1. The molecule has 7 heteroatoms. The van der Waals surface area contributed by atoms with Crippen molar-refractivity contribution >= 4 is 34.1 Å². The van der Waals surface area contributed by atoms with Crippen molar-refractivity contribution in [2.75, 3.05) is 5.32 Å². The van der Waals surface area contributed by atoms with Gasteiger partial charge in [0.25, 0.3) is 0 Å². The van der Waals surface area contributed by atoms with E-state index in [1.54, 1.807) is 0 Å². The Morgan fingerprint density at radius 1 is 1.07 bits per heavy atom. The minimum atomic E-state index is -0.394. The van der Waals surface area contributed by atoms with Crippen LogP contribution < -0.4 is 11.1 Å². The molecule has 136 valence electrons. The molecule has 0 saturated heterocycles. The summed E-state index contributed by atoms with van der Waals surface area (Å²) in [6, 6.07) is 18.9. The maximum absolute atomic E-state index is 12.3. The van der Waals surface area contributed by atoms with Crippen LogP contribution in [0.5, 0.6) is 0 Å². The van der Waals surface area contributed by atoms with Gasteiger partial charge in [0.15, 0.2) is 5.13 Å². The molecule has 2 aromatic carbocycles. The second-order valence-corrected chi connectivity index (χ2v) is 6.79. The number of thiazole rings is 1. The normalized spacial score (nSPS) is 11.2. The van der Waals surface area contributed by atoms with Gasteiger partial charge in [-0.05, 0) is 5.56 Å². The fourth-order valence-corrected chi connectivity index (χ4v) is 3.41. The Balaban J connectivity index is 1.89. The van der Waals surface area contributed by atoms with Crippen molar-refractivity contribution in [3.05, 3.63) is 71.1 Å². The first-order chi connectivity index (χ1) is 13.0. The van der Waals surface area contributed by atoms with Crippen LogP contribution in [0.15, 0.2) is 65.7 Å². The smallest absolute Gasteiger partial charge is 0.244 e. The summed E-state index contributed by atoms with van der Waals surface area (Å²) in [5, 5.41) is 3.21. The van der Waals surface area contributed by atoms with Crippen molar-refractivity contribution in [3.63, 3.8) is 0 Å². The number of benzene rings is 2. The third-order valence-corrected chi connectivity index (χ3v) is 4.63. The van der Waals surface area contributed by atoms with Gasteiger partial charge in [-0.25, -0.2) is 4.98 Å². The average Bonchev–Trinajstić information content (AvgIpc) is 3.06. The second kappa shape index (κ2) is 8.37. The molecule has 3 N–H and O–H groups in total. The lowest BCUT2D eigenvalue weighted by atomic mass is 10.1. The summed E-state index contributed by atoms with van der Waals surface area (Å²) >= 11 is 1.19. The zero-order chi connectivity index (χ0) is 19.2. The third kappa shape index (κ3) is 4.86. The number of carbonyl (C=O) groups is 2. The summed E-state index contributed by atoms with van der Waals surface area (Å²) < 4.78 is 0. The predicted molar refractivity (Wildman–Crippen MR) is 108 cm³/mol. The number of rotatable bonds is 5. The second-order valence-electron chi connectivity index (χ2n) is 5.79. The molecule has 0 atom stereocenters. The van der Waals surface area contributed by atoms with E-state index in [0.29, 0.717) is 15.7 Å². The zero-order valence-corrected chi connectivity index (χ0v) is 15.5. The molecule has 6 nitrogen and oxygen atoms in total. The van der Waals surface area contributed by atoms with Gasteiger partial charge < -0.3 is 11.1 Å². The molecule has 27 heavy (non-hydrogen) atoms. The van der Waals surface area contributed by atoms with E-state index in [1.807, 2.05) is 60.7 Å². The predicted octanol–water partition coefficient (Wildman–Crippen LogP) is 3.24. The molecule has 0 aliphatic carbocycles. The van der Waals surface area contributed by atoms with E-state index in [4.69, 9.17) is 5.73 Å². The minimum Gasteiger partial charge on any atom is -0.382 e. The van der Waals surface area contributed by atoms with Crippen LogP contribution in [0.4, 0.5) is 5.13 Å². The van der Waals surface area contributed by atoms with Crippen LogP contribution in [0.1, 0.15) is 17.4 Å². The lowest BCUT2D eigenvalue weighted by molar-refractivity contribution is -0.116. The molecular formula is C20H18N4O2S. The molecule has 2 amide bonds. The van der Waals surface area contributed by atoms with Crippen LogP contribution in [0, 0.1) is 0 Å². The number of amidine groups is 1. The fraction of sp³-hybridized carbons (Fsp3) is 0.100. The first kappa shape index (κ1) is 18.5. The molecule has 0 radical (unpaired) electrons. The molecular weight excluding hydrogens is 360 g/mol. The zero-order valence-electron chi connectivity index (χ0n) is 14.7. The number of aromatic nitrogens is 1. The molecule has 0 aliphatic rings. The van der Waals surface area contributed by atoms with Crippen molar-refractivity contribution < 1.29 is 9.59 Å². The number of amides is 2. The van der Waals surface area contributed by atoms with Gasteiger partial charge in [-0.2, -0.15) is 4.99 Å². The molecule has 1 aromatic heterocycles. The summed E-state index contributed by atoms with van der Waals surface area (Å²) in [6.45, 7) is 1.33. The maximum Gasteiger partial charge on any atom is 0.244 e. The van der Waals surface area contributed by atoms with Gasteiger partial charge in [-0.3, -0.25) is 9.59 Å². The quantitative estimate of drug-likeness (QED) is 0.526. The highest BCUT2D eigenvalue weighted by Gasteiger charge is 2.18. The van der Waals surface area contributed by atoms with Crippen LogP contribution in [0.25, 0.3) is 11.3 Å². The van der Waals surface area contributed by atoms with Crippen molar-refractivity contribution in [3.8, 4) is 11.3 Å². The highest BCUT2D eigenvalue weighted by atomic mass is 32.1.